The molecule has 0 spiro atoms. The van der Waals surface area contributed by atoms with E-state index < -0.39 is 5.54 Å². The number of benzene rings is 1. The van der Waals surface area contributed by atoms with E-state index in [4.69, 9.17) is 11.6 Å². The number of nitrogens with one attached hydrogen (secondary N) is 1. The SMILES string of the molecule is CC1(C)C(=O)NC(=O)CN1Cc1ccc(Br)cc1Cl. The van der Waals surface area contributed by atoms with Crippen LogP contribution in [0.3, 0.4) is 0 Å². The Bertz CT molecular complexity index is 545. The Hall–Kier alpha value is -0.910. The Balaban J connectivity index is 2.25. The van der Waals surface area contributed by atoms with E-state index in [1.54, 1.807) is 19.9 Å². The topological polar surface area (TPSA) is 49.4 Å². The fraction of sp³-hybridized carbons (Fsp3) is 0.385. The van der Waals surface area contributed by atoms with Crippen LogP contribution in [0.25, 0.3) is 0 Å². The summed E-state index contributed by atoms with van der Waals surface area (Å²) >= 11 is 9.52. The molecule has 4 nitrogen and oxygen atoms in total. The maximum absolute atomic E-state index is 11.9. The zero-order chi connectivity index (χ0) is 14.2. The number of imide groups is 1. The maximum Gasteiger partial charge on any atom is 0.246 e. The molecular weight excluding hydrogens is 332 g/mol. The second-order valence-corrected chi connectivity index (χ2v) is 6.35. The van der Waals surface area contributed by atoms with Gasteiger partial charge in [0.15, 0.2) is 0 Å². The van der Waals surface area contributed by atoms with Crippen molar-refractivity contribution in [3.8, 4) is 0 Å². The lowest BCUT2D eigenvalue weighted by atomic mass is 9.98. The van der Waals surface area contributed by atoms with Crippen molar-refractivity contribution in [1.29, 1.82) is 0 Å². The highest BCUT2D eigenvalue weighted by molar-refractivity contribution is 9.10. The first kappa shape index (κ1) is 14.5. The van der Waals surface area contributed by atoms with Gasteiger partial charge in [0.1, 0.15) is 0 Å². The molecule has 19 heavy (non-hydrogen) atoms. The van der Waals surface area contributed by atoms with Crippen LogP contribution in [0.1, 0.15) is 19.4 Å². The normalized spacial score (nSPS) is 19.4. The highest BCUT2D eigenvalue weighted by Gasteiger charge is 2.40. The standard InChI is InChI=1S/C13H14BrClN2O2/c1-13(2)12(19)16-11(18)7-17(13)6-8-3-4-9(14)5-10(8)15/h3-5H,6-7H2,1-2H3,(H,16,18,19). The molecule has 1 aliphatic heterocycles. The fourth-order valence-corrected chi connectivity index (χ4v) is 2.68. The summed E-state index contributed by atoms with van der Waals surface area (Å²) < 4.78 is 0.896. The van der Waals surface area contributed by atoms with E-state index in [2.05, 4.69) is 21.2 Å². The molecule has 6 heteroatoms. The third kappa shape index (κ3) is 2.99. The minimum Gasteiger partial charge on any atom is -0.294 e. The first-order valence-corrected chi connectivity index (χ1v) is 7.01. The van der Waals surface area contributed by atoms with Gasteiger partial charge in [0.25, 0.3) is 0 Å². The summed E-state index contributed by atoms with van der Waals surface area (Å²) in [5.74, 6) is -0.561. The quantitative estimate of drug-likeness (QED) is 0.837. The third-order valence-corrected chi connectivity index (χ3v) is 4.16. The molecule has 0 atom stereocenters. The van der Waals surface area contributed by atoms with Crippen molar-refractivity contribution in [2.45, 2.75) is 25.9 Å². The van der Waals surface area contributed by atoms with Gasteiger partial charge in [0.05, 0.1) is 12.1 Å². The molecule has 1 saturated heterocycles. The van der Waals surface area contributed by atoms with Gasteiger partial charge in [-0.2, -0.15) is 0 Å². The first-order chi connectivity index (χ1) is 8.80. The van der Waals surface area contributed by atoms with Crippen LogP contribution < -0.4 is 5.32 Å². The van der Waals surface area contributed by atoms with Crippen LogP contribution in [0, 0.1) is 0 Å². The molecule has 1 N–H and O–H groups in total. The van der Waals surface area contributed by atoms with Crippen molar-refractivity contribution in [1.82, 2.24) is 10.2 Å². The summed E-state index contributed by atoms with van der Waals surface area (Å²) in [7, 11) is 0. The maximum atomic E-state index is 11.9. The van der Waals surface area contributed by atoms with Gasteiger partial charge in [0.2, 0.25) is 11.8 Å². The van der Waals surface area contributed by atoms with Crippen LogP contribution in [0.5, 0.6) is 0 Å². The van der Waals surface area contributed by atoms with Crippen molar-refractivity contribution in [3.63, 3.8) is 0 Å². The summed E-state index contributed by atoms with van der Waals surface area (Å²) in [5.41, 5.74) is 0.157. The van der Waals surface area contributed by atoms with E-state index in [0.717, 1.165) is 10.0 Å². The number of amides is 2. The molecule has 102 valence electrons. The van der Waals surface area contributed by atoms with E-state index in [1.165, 1.54) is 0 Å². The lowest BCUT2D eigenvalue weighted by Gasteiger charge is -2.40. The van der Waals surface area contributed by atoms with E-state index in [0.29, 0.717) is 11.6 Å². The number of hydrogen-bond donors (Lipinski definition) is 1. The van der Waals surface area contributed by atoms with Gasteiger partial charge >= 0.3 is 0 Å². The number of carbonyl (C=O) groups excluding carboxylic acids is 2. The molecule has 0 aliphatic carbocycles. The van der Waals surface area contributed by atoms with Gasteiger partial charge in [-0.1, -0.05) is 33.6 Å². The predicted octanol–water partition coefficient (Wildman–Crippen LogP) is 2.34. The van der Waals surface area contributed by atoms with Gasteiger partial charge in [-0.15, -0.1) is 0 Å². The zero-order valence-corrected chi connectivity index (χ0v) is 13.0. The molecule has 1 aromatic rings. The molecule has 0 bridgehead atoms. The average molecular weight is 346 g/mol. The molecule has 2 rings (SSSR count). The van der Waals surface area contributed by atoms with Crippen LogP contribution in [0.15, 0.2) is 22.7 Å². The number of rotatable bonds is 2. The molecule has 1 heterocycles. The Labute approximate surface area is 125 Å². The van der Waals surface area contributed by atoms with Crippen molar-refractivity contribution >= 4 is 39.3 Å². The Morgan fingerprint density at radius 2 is 2.11 bits per heavy atom. The number of carbonyl (C=O) groups is 2. The molecule has 2 amide bonds. The minimum absolute atomic E-state index is 0.186. The fourth-order valence-electron chi connectivity index (χ4n) is 1.94. The Kier molecular flexibility index (Phi) is 3.99. The second kappa shape index (κ2) is 5.23. The smallest absolute Gasteiger partial charge is 0.246 e. The zero-order valence-electron chi connectivity index (χ0n) is 10.7. The molecule has 0 unspecified atom stereocenters. The van der Waals surface area contributed by atoms with E-state index in [9.17, 15) is 9.59 Å². The number of piperazine rings is 1. The summed E-state index contributed by atoms with van der Waals surface area (Å²) in [6.07, 6.45) is 0. The summed E-state index contributed by atoms with van der Waals surface area (Å²) in [4.78, 5) is 25.2. The van der Waals surface area contributed by atoms with Crippen LogP contribution in [0.2, 0.25) is 5.02 Å². The van der Waals surface area contributed by atoms with Crippen molar-refractivity contribution in [2.75, 3.05) is 6.54 Å². The summed E-state index contributed by atoms with van der Waals surface area (Å²) in [5, 5.41) is 2.96. The van der Waals surface area contributed by atoms with Gasteiger partial charge in [0, 0.05) is 16.0 Å². The molecule has 1 aliphatic rings. The lowest BCUT2D eigenvalue weighted by Crippen LogP contribution is -2.63. The monoisotopic (exact) mass is 344 g/mol. The van der Waals surface area contributed by atoms with E-state index in [-0.39, 0.29) is 18.4 Å². The van der Waals surface area contributed by atoms with E-state index >= 15 is 0 Å². The lowest BCUT2D eigenvalue weighted by molar-refractivity contribution is -0.145. The predicted molar refractivity (Wildman–Crippen MR) is 76.8 cm³/mol. The average Bonchev–Trinajstić information content (AvgIpc) is 2.29. The molecule has 0 radical (unpaired) electrons. The van der Waals surface area contributed by atoms with Crippen molar-refractivity contribution in [3.05, 3.63) is 33.3 Å². The summed E-state index contributed by atoms with van der Waals surface area (Å²) in [6, 6.07) is 5.58. The van der Waals surface area contributed by atoms with E-state index in [1.807, 2.05) is 17.0 Å². The third-order valence-electron chi connectivity index (χ3n) is 3.31. The van der Waals surface area contributed by atoms with Crippen LogP contribution in [-0.4, -0.2) is 28.8 Å². The van der Waals surface area contributed by atoms with Crippen molar-refractivity contribution in [2.24, 2.45) is 0 Å². The molecule has 0 aromatic heterocycles. The summed E-state index contributed by atoms with van der Waals surface area (Å²) in [6.45, 7) is 4.23. The number of halogens is 2. The minimum atomic E-state index is -0.732. The van der Waals surface area contributed by atoms with Crippen molar-refractivity contribution < 1.29 is 9.59 Å². The van der Waals surface area contributed by atoms with Gasteiger partial charge < -0.3 is 0 Å². The largest absolute Gasteiger partial charge is 0.294 e. The highest BCUT2D eigenvalue weighted by Crippen LogP contribution is 2.26. The van der Waals surface area contributed by atoms with Gasteiger partial charge in [-0.3, -0.25) is 19.8 Å². The molecule has 1 aromatic carbocycles. The molecular formula is C13H14BrClN2O2. The number of nitrogens with zero attached hydrogens (tertiary/aromatic N) is 1. The van der Waals surface area contributed by atoms with Crippen LogP contribution >= 0.6 is 27.5 Å². The molecule has 1 fully saturated rings. The first-order valence-electron chi connectivity index (χ1n) is 5.84. The number of hydrogen-bond acceptors (Lipinski definition) is 3. The highest BCUT2D eigenvalue weighted by atomic mass is 79.9. The van der Waals surface area contributed by atoms with Gasteiger partial charge in [-0.05, 0) is 31.5 Å². The molecule has 0 saturated carbocycles. The van der Waals surface area contributed by atoms with Gasteiger partial charge in [-0.25, -0.2) is 0 Å². The Morgan fingerprint density at radius 3 is 2.74 bits per heavy atom. The van der Waals surface area contributed by atoms with Crippen LogP contribution in [0.4, 0.5) is 0 Å². The second-order valence-electron chi connectivity index (χ2n) is 5.03. The van der Waals surface area contributed by atoms with Crippen LogP contribution in [-0.2, 0) is 16.1 Å². The Morgan fingerprint density at radius 1 is 1.42 bits per heavy atom.